The van der Waals surface area contributed by atoms with Gasteiger partial charge >= 0.3 is 0 Å². The lowest BCUT2D eigenvalue weighted by Gasteiger charge is -2.11. The smallest absolute Gasteiger partial charge is 0.276 e. The molecule has 0 saturated carbocycles. The highest BCUT2D eigenvalue weighted by molar-refractivity contribution is 7.99. The topological polar surface area (TPSA) is 107 Å². The Bertz CT molecular complexity index is 1090. The maximum absolute atomic E-state index is 12.2. The Hall–Kier alpha value is -2.79. The number of carbonyl (C=O) groups is 2. The van der Waals surface area contributed by atoms with Crippen LogP contribution >= 0.6 is 35.0 Å². The van der Waals surface area contributed by atoms with Crippen molar-refractivity contribution in [1.29, 1.82) is 0 Å². The van der Waals surface area contributed by atoms with Gasteiger partial charge in [-0.1, -0.05) is 35.0 Å². The Labute approximate surface area is 211 Å². The van der Waals surface area contributed by atoms with Crippen LogP contribution in [0.2, 0.25) is 10.0 Å². The van der Waals surface area contributed by atoms with Crippen LogP contribution < -0.4 is 15.6 Å². The number of halogens is 2. The molecule has 0 radical (unpaired) electrons. The van der Waals surface area contributed by atoms with Crippen molar-refractivity contribution in [3.05, 3.63) is 58.6 Å². The SMILES string of the molecule is COCCCn1c(SCC(=O)NNC(=O)COc2ccc(Cl)cc2)nnc1-c1ccc(Cl)cc1. The summed E-state index contributed by atoms with van der Waals surface area (Å²) in [6.07, 6.45) is 0.749. The number of hydrogen-bond acceptors (Lipinski definition) is 7. The van der Waals surface area contributed by atoms with E-state index in [1.807, 2.05) is 16.7 Å². The predicted molar refractivity (Wildman–Crippen MR) is 131 cm³/mol. The molecule has 2 amide bonds. The molecule has 0 fully saturated rings. The van der Waals surface area contributed by atoms with Gasteiger partial charge in [0.05, 0.1) is 5.75 Å². The first kappa shape index (κ1) is 25.8. The second kappa shape index (κ2) is 13.2. The van der Waals surface area contributed by atoms with Gasteiger partial charge in [0, 0.05) is 35.9 Å². The summed E-state index contributed by atoms with van der Waals surface area (Å²) in [6.45, 7) is 0.932. The third-order valence-corrected chi connectivity index (χ3v) is 5.88. The summed E-state index contributed by atoms with van der Waals surface area (Å²) < 4.78 is 12.4. The Kier molecular flexibility index (Phi) is 10.0. The summed E-state index contributed by atoms with van der Waals surface area (Å²) in [5.74, 6) is 0.292. The summed E-state index contributed by atoms with van der Waals surface area (Å²) in [5, 5.41) is 10.3. The van der Waals surface area contributed by atoms with Crippen molar-refractivity contribution in [3.63, 3.8) is 0 Å². The van der Waals surface area contributed by atoms with Crippen LogP contribution in [0.25, 0.3) is 11.4 Å². The minimum atomic E-state index is -0.499. The molecular formula is C22H23Cl2N5O4S. The van der Waals surface area contributed by atoms with Crippen LogP contribution in [-0.2, 0) is 20.9 Å². The maximum Gasteiger partial charge on any atom is 0.276 e. The molecule has 3 aromatic rings. The highest BCUT2D eigenvalue weighted by Crippen LogP contribution is 2.25. The molecular weight excluding hydrogens is 501 g/mol. The first-order chi connectivity index (χ1) is 16.5. The number of nitrogens with one attached hydrogen (secondary N) is 2. The average molecular weight is 524 g/mol. The molecule has 180 valence electrons. The fraction of sp³-hybridized carbons (Fsp3) is 0.273. The molecule has 0 aliphatic carbocycles. The molecule has 2 N–H and O–H groups in total. The number of hydrazine groups is 1. The average Bonchev–Trinajstić information content (AvgIpc) is 3.24. The van der Waals surface area contributed by atoms with Crippen molar-refractivity contribution < 1.29 is 19.1 Å². The zero-order chi connectivity index (χ0) is 24.3. The molecule has 3 rings (SSSR count). The van der Waals surface area contributed by atoms with Gasteiger partial charge in [0.15, 0.2) is 17.6 Å². The first-order valence-electron chi connectivity index (χ1n) is 10.2. The van der Waals surface area contributed by atoms with Crippen molar-refractivity contribution in [3.8, 4) is 17.1 Å². The van der Waals surface area contributed by atoms with Crippen molar-refractivity contribution in [2.45, 2.75) is 18.1 Å². The van der Waals surface area contributed by atoms with Crippen LogP contribution in [0.4, 0.5) is 0 Å². The molecule has 1 heterocycles. The predicted octanol–water partition coefficient (Wildman–Crippen LogP) is 3.61. The Morgan fingerprint density at radius 2 is 1.62 bits per heavy atom. The van der Waals surface area contributed by atoms with Crippen LogP contribution in [0, 0.1) is 0 Å². The number of aromatic nitrogens is 3. The summed E-state index contributed by atoms with van der Waals surface area (Å²) in [5.41, 5.74) is 5.54. The van der Waals surface area contributed by atoms with Gasteiger partial charge in [0.1, 0.15) is 5.75 Å². The number of benzene rings is 2. The molecule has 0 unspecified atom stereocenters. The standard InChI is InChI=1S/C22H23Cl2N5O4S/c1-32-12-2-11-29-21(15-3-5-16(23)6-4-15)27-28-22(29)34-14-20(31)26-25-19(30)13-33-18-9-7-17(24)8-10-18/h3-10H,2,11-14H2,1H3,(H,25,30)(H,26,31). The quantitative estimate of drug-likeness (QED) is 0.224. The highest BCUT2D eigenvalue weighted by atomic mass is 35.5. The fourth-order valence-corrected chi connectivity index (χ4v) is 3.81. The van der Waals surface area contributed by atoms with E-state index in [2.05, 4.69) is 21.0 Å². The van der Waals surface area contributed by atoms with Crippen molar-refractivity contribution in [2.24, 2.45) is 0 Å². The monoisotopic (exact) mass is 523 g/mol. The van der Waals surface area contributed by atoms with Gasteiger partial charge in [0.2, 0.25) is 5.91 Å². The molecule has 0 saturated heterocycles. The zero-order valence-electron chi connectivity index (χ0n) is 18.3. The highest BCUT2D eigenvalue weighted by Gasteiger charge is 2.16. The van der Waals surface area contributed by atoms with Gasteiger partial charge in [-0.2, -0.15) is 0 Å². The lowest BCUT2D eigenvalue weighted by Crippen LogP contribution is -2.44. The molecule has 0 spiro atoms. The molecule has 9 nitrogen and oxygen atoms in total. The molecule has 0 bridgehead atoms. The fourth-order valence-electron chi connectivity index (χ4n) is 2.80. The van der Waals surface area contributed by atoms with E-state index in [1.165, 1.54) is 11.8 Å². The largest absolute Gasteiger partial charge is 0.484 e. The second-order valence-corrected chi connectivity index (χ2v) is 8.75. The van der Waals surface area contributed by atoms with Gasteiger partial charge in [-0.15, -0.1) is 10.2 Å². The third kappa shape index (κ3) is 7.91. The summed E-state index contributed by atoms with van der Waals surface area (Å²) in [7, 11) is 1.64. The number of methoxy groups -OCH3 is 1. The molecule has 0 atom stereocenters. The van der Waals surface area contributed by atoms with Crippen molar-refractivity contribution in [1.82, 2.24) is 25.6 Å². The van der Waals surface area contributed by atoms with Crippen LogP contribution in [0.1, 0.15) is 6.42 Å². The molecule has 0 aliphatic rings. The number of nitrogens with zero attached hydrogens (tertiary/aromatic N) is 3. The van der Waals surface area contributed by atoms with E-state index in [1.54, 1.807) is 43.5 Å². The van der Waals surface area contributed by atoms with Crippen molar-refractivity contribution in [2.75, 3.05) is 26.1 Å². The van der Waals surface area contributed by atoms with E-state index in [0.29, 0.717) is 39.9 Å². The van der Waals surface area contributed by atoms with Crippen molar-refractivity contribution >= 4 is 46.8 Å². The summed E-state index contributed by atoms with van der Waals surface area (Å²) in [6, 6.07) is 13.9. The van der Waals surface area contributed by atoms with E-state index in [4.69, 9.17) is 32.7 Å². The molecule has 12 heteroatoms. The number of thioether (sulfide) groups is 1. The molecule has 0 aliphatic heterocycles. The van der Waals surface area contributed by atoms with Crippen LogP contribution in [0.15, 0.2) is 53.7 Å². The van der Waals surface area contributed by atoms with Crippen LogP contribution in [0.3, 0.4) is 0 Å². The summed E-state index contributed by atoms with van der Waals surface area (Å²) >= 11 is 13.0. The number of rotatable bonds is 11. The van der Waals surface area contributed by atoms with Gasteiger partial charge in [-0.05, 0) is 55.0 Å². The molecule has 34 heavy (non-hydrogen) atoms. The van der Waals surface area contributed by atoms with E-state index in [0.717, 1.165) is 12.0 Å². The van der Waals surface area contributed by atoms with Crippen LogP contribution in [-0.4, -0.2) is 52.7 Å². The maximum atomic E-state index is 12.2. The van der Waals surface area contributed by atoms with Gasteiger partial charge in [-0.25, -0.2) is 0 Å². The third-order valence-electron chi connectivity index (χ3n) is 4.41. The lowest BCUT2D eigenvalue weighted by atomic mass is 10.2. The number of ether oxygens (including phenoxy) is 2. The molecule has 1 aromatic heterocycles. The zero-order valence-corrected chi connectivity index (χ0v) is 20.6. The summed E-state index contributed by atoms with van der Waals surface area (Å²) in [4.78, 5) is 24.1. The number of carbonyl (C=O) groups excluding carboxylic acids is 2. The second-order valence-electron chi connectivity index (χ2n) is 6.94. The normalized spacial score (nSPS) is 10.7. The van der Waals surface area contributed by atoms with Gasteiger partial charge < -0.3 is 14.0 Å². The van der Waals surface area contributed by atoms with E-state index < -0.39 is 11.8 Å². The Morgan fingerprint density at radius 1 is 0.971 bits per heavy atom. The molecule has 2 aromatic carbocycles. The Morgan fingerprint density at radius 3 is 2.29 bits per heavy atom. The van der Waals surface area contributed by atoms with Gasteiger partial charge in [0.25, 0.3) is 5.91 Å². The first-order valence-corrected chi connectivity index (χ1v) is 12.0. The number of amides is 2. The van der Waals surface area contributed by atoms with Gasteiger partial charge in [-0.3, -0.25) is 20.4 Å². The number of hydrogen-bond donors (Lipinski definition) is 2. The van der Waals surface area contributed by atoms with E-state index >= 15 is 0 Å². The minimum absolute atomic E-state index is 0.0291. The lowest BCUT2D eigenvalue weighted by molar-refractivity contribution is -0.128. The van der Waals surface area contributed by atoms with E-state index in [-0.39, 0.29) is 12.4 Å². The van der Waals surface area contributed by atoms with E-state index in [9.17, 15) is 9.59 Å². The van der Waals surface area contributed by atoms with Crippen LogP contribution in [0.5, 0.6) is 5.75 Å². The Balaban J connectivity index is 1.52. The minimum Gasteiger partial charge on any atom is -0.484 e.